The summed E-state index contributed by atoms with van der Waals surface area (Å²) in [6.07, 6.45) is 3.11. The summed E-state index contributed by atoms with van der Waals surface area (Å²) in [5, 5.41) is 0. The molecule has 19 heavy (non-hydrogen) atoms. The van der Waals surface area contributed by atoms with Crippen LogP contribution in [-0.4, -0.2) is 19.8 Å². The molecule has 1 aliphatic heterocycles. The van der Waals surface area contributed by atoms with Crippen molar-refractivity contribution in [3.05, 3.63) is 28.2 Å². The number of hydrogen-bond acceptors (Lipinski definition) is 3. The van der Waals surface area contributed by atoms with E-state index < -0.39 is 0 Å². The van der Waals surface area contributed by atoms with Gasteiger partial charge in [-0.15, -0.1) is 0 Å². The summed E-state index contributed by atoms with van der Waals surface area (Å²) in [5.74, 6) is 1.41. The lowest BCUT2D eigenvalue weighted by Gasteiger charge is -2.28. The minimum Gasteiger partial charge on any atom is -0.492 e. The van der Waals surface area contributed by atoms with E-state index in [1.807, 2.05) is 6.07 Å². The lowest BCUT2D eigenvalue weighted by atomic mass is 9.88. The van der Waals surface area contributed by atoms with Gasteiger partial charge in [-0.1, -0.05) is 13.0 Å². The van der Waals surface area contributed by atoms with Crippen molar-refractivity contribution in [3.63, 3.8) is 0 Å². The molecule has 1 aliphatic rings. The summed E-state index contributed by atoms with van der Waals surface area (Å²) in [6.45, 7) is 4.50. The van der Waals surface area contributed by atoms with E-state index in [4.69, 9.17) is 15.2 Å². The maximum atomic E-state index is 6.37. The van der Waals surface area contributed by atoms with Gasteiger partial charge in [-0.3, -0.25) is 0 Å². The molecular formula is C15H22BrNO2. The second-order valence-electron chi connectivity index (χ2n) is 5.01. The quantitative estimate of drug-likeness (QED) is 0.897. The summed E-state index contributed by atoms with van der Waals surface area (Å²) in [5.41, 5.74) is 7.54. The number of benzene rings is 1. The largest absolute Gasteiger partial charge is 0.492 e. The molecule has 1 atom stereocenters. The second-order valence-corrected chi connectivity index (χ2v) is 5.87. The Labute approximate surface area is 123 Å². The Morgan fingerprint density at radius 2 is 2.16 bits per heavy atom. The van der Waals surface area contributed by atoms with Crippen molar-refractivity contribution in [1.82, 2.24) is 0 Å². The van der Waals surface area contributed by atoms with Crippen molar-refractivity contribution in [2.75, 3.05) is 19.8 Å². The summed E-state index contributed by atoms with van der Waals surface area (Å²) < 4.78 is 12.0. The van der Waals surface area contributed by atoms with Crippen molar-refractivity contribution < 1.29 is 9.47 Å². The molecule has 1 aromatic carbocycles. The van der Waals surface area contributed by atoms with Gasteiger partial charge in [0.2, 0.25) is 0 Å². The molecule has 0 spiro atoms. The third kappa shape index (κ3) is 3.94. The fraction of sp³-hybridized carbons (Fsp3) is 0.600. The van der Waals surface area contributed by atoms with E-state index in [-0.39, 0.29) is 6.04 Å². The average molecular weight is 328 g/mol. The molecule has 1 unspecified atom stereocenters. The molecule has 0 bridgehead atoms. The first kappa shape index (κ1) is 14.8. The highest BCUT2D eigenvalue weighted by Gasteiger charge is 2.22. The fourth-order valence-electron chi connectivity index (χ4n) is 2.40. The van der Waals surface area contributed by atoms with Crippen LogP contribution in [0.25, 0.3) is 0 Å². The highest BCUT2D eigenvalue weighted by Crippen LogP contribution is 2.33. The number of hydrogen-bond donors (Lipinski definition) is 1. The molecule has 0 radical (unpaired) electrons. The van der Waals surface area contributed by atoms with E-state index in [1.54, 1.807) is 0 Å². The molecule has 1 saturated heterocycles. The van der Waals surface area contributed by atoms with E-state index in [0.717, 1.165) is 49.3 Å². The minimum absolute atomic E-state index is 0.0837. The molecule has 4 heteroatoms. The van der Waals surface area contributed by atoms with Crippen LogP contribution in [0.3, 0.4) is 0 Å². The predicted molar refractivity (Wildman–Crippen MR) is 80.4 cm³/mol. The maximum absolute atomic E-state index is 6.37. The normalized spacial score (nSPS) is 18.3. The van der Waals surface area contributed by atoms with Crippen molar-refractivity contribution in [2.24, 2.45) is 11.7 Å². The summed E-state index contributed by atoms with van der Waals surface area (Å²) >= 11 is 3.56. The van der Waals surface area contributed by atoms with Gasteiger partial charge in [-0.2, -0.15) is 0 Å². The standard InChI is InChI=1S/C15H22BrNO2/c1-2-7-19-14-4-3-12(10-13(14)16)15(17)11-5-8-18-9-6-11/h3-4,10-11,15H,2,5-9,17H2,1H3. The lowest BCUT2D eigenvalue weighted by molar-refractivity contribution is 0.0583. The highest BCUT2D eigenvalue weighted by molar-refractivity contribution is 9.10. The van der Waals surface area contributed by atoms with Gasteiger partial charge in [-0.25, -0.2) is 0 Å². The molecule has 1 fully saturated rings. The van der Waals surface area contributed by atoms with Gasteiger partial charge in [0.15, 0.2) is 0 Å². The molecule has 2 N–H and O–H groups in total. The van der Waals surface area contributed by atoms with Crippen LogP contribution in [0.5, 0.6) is 5.75 Å². The molecule has 3 nitrogen and oxygen atoms in total. The van der Waals surface area contributed by atoms with Gasteiger partial charge < -0.3 is 15.2 Å². The Hall–Kier alpha value is -0.580. The molecule has 0 amide bonds. The van der Waals surface area contributed by atoms with E-state index in [1.165, 1.54) is 5.56 Å². The van der Waals surface area contributed by atoms with Crippen LogP contribution in [0.1, 0.15) is 37.8 Å². The van der Waals surface area contributed by atoms with Crippen LogP contribution in [0.15, 0.2) is 22.7 Å². The maximum Gasteiger partial charge on any atom is 0.133 e. The van der Waals surface area contributed by atoms with Gasteiger partial charge in [0.25, 0.3) is 0 Å². The second kappa shape index (κ2) is 7.27. The van der Waals surface area contributed by atoms with E-state index in [2.05, 4.69) is 35.0 Å². The molecule has 106 valence electrons. The van der Waals surface area contributed by atoms with E-state index in [0.29, 0.717) is 5.92 Å². The molecule has 1 heterocycles. The first-order valence-corrected chi connectivity index (χ1v) is 7.77. The van der Waals surface area contributed by atoms with Gasteiger partial charge in [0.1, 0.15) is 5.75 Å². The van der Waals surface area contributed by atoms with E-state index in [9.17, 15) is 0 Å². The molecule has 0 aromatic heterocycles. The first-order valence-electron chi connectivity index (χ1n) is 6.98. The Morgan fingerprint density at radius 3 is 2.79 bits per heavy atom. The average Bonchev–Trinajstić information content (AvgIpc) is 2.46. The zero-order valence-electron chi connectivity index (χ0n) is 11.4. The van der Waals surface area contributed by atoms with Crippen LogP contribution in [0.4, 0.5) is 0 Å². The Kier molecular flexibility index (Phi) is 5.67. The molecular weight excluding hydrogens is 306 g/mol. The van der Waals surface area contributed by atoms with Gasteiger partial charge in [0.05, 0.1) is 11.1 Å². The van der Waals surface area contributed by atoms with Gasteiger partial charge in [0, 0.05) is 19.3 Å². The van der Waals surface area contributed by atoms with E-state index >= 15 is 0 Å². The Balaban J connectivity index is 2.05. The summed E-state index contributed by atoms with van der Waals surface area (Å²) in [7, 11) is 0. The third-order valence-electron chi connectivity index (χ3n) is 3.58. The van der Waals surface area contributed by atoms with Crippen molar-refractivity contribution in [3.8, 4) is 5.75 Å². The Bertz CT molecular complexity index is 405. The number of halogens is 1. The van der Waals surface area contributed by atoms with Crippen molar-refractivity contribution in [2.45, 2.75) is 32.2 Å². The van der Waals surface area contributed by atoms with Crippen LogP contribution in [0.2, 0.25) is 0 Å². The number of ether oxygens (including phenoxy) is 2. The summed E-state index contributed by atoms with van der Waals surface area (Å²) in [4.78, 5) is 0. The third-order valence-corrected chi connectivity index (χ3v) is 4.20. The molecule has 1 aromatic rings. The minimum atomic E-state index is 0.0837. The highest BCUT2D eigenvalue weighted by atomic mass is 79.9. The zero-order valence-corrected chi connectivity index (χ0v) is 13.0. The van der Waals surface area contributed by atoms with Crippen LogP contribution < -0.4 is 10.5 Å². The fourth-order valence-corrected chi connectivity index (χ4v) is 2.91. The molecule has 0 saturated carbocycles. The van der Waals surface area contributed by atoms with Crippen LogP contribution in [0, 0.1) is 5.92 Å². The topological polar surface area (TPSA) is 44.5 Å². The lowest BCUT2D eigenvalue weighted by Crippen LogP contribution is -2.27. The van der Waals surface area contributed by atoms with Gasteiger partial charge in [-0.05, 0) is 58.8 Å². The summed E-state index contributed by atoms with van der Waals surface area (Å²) in [6, 6.07) is 6.26. The Morgan fingerprint density at radius 1 is 1.42 bits per heavy atom. The SMILES string of the molecule is CCCOc1ccc(C(N)C2CCOCC2)cc1Br. The smallest absolute Gasteiger partial charge is 0.133 e. The van der Waals surface area contributed by atoms with Gasteiger partial charge >= 0.3 is 0 Å². The predicted octanol–water partition coefficient (Wildman–Crippen LogP) is 3.66. The first-order chi connectivity index (χ1) is 9.22. The van der Waals surface area contributed by atoms with Crippen molar-refractivity contribution in [1.29, 1.82) is 0 Å². The van der Waals surface area contributed by atoms with Crippen LogP contribution >= 0.6 is 15.9 Å². The van der Waals surface area contributed by atoms with Crippen LogP contribution in [-0.2, 0) is 4.74 Å². The number of rotatable bonds is 5. The van der Waals surface area contributed by atoms with Crippen molar-refractivity contribution >= 4 is 15.9 Å². The zero-order chi connectivity index (χ0) is 13.7. The molecule has 2 rings (SSSR count). The molecule has 0 aliphatic carbocycles. The number of nitrogens with two attached hydrogens (primary N) is 1. The monoisotopic (exact) mass is 327 g/mol.